The zero-order valence-electron chi connectivity index (χ0n) is 12.4. The molecule has 7 heteroatoms. The van der Waals surface area contributed by atoms with Crippen molar-refractivity contribution in [3.63, 3.8) is 0 Å². The molecule has 1 heterocycles. The molecule has 0 saturated carbocycles. The van der Waals surface area contributed by atoms with Gasteiger partial charge in [0.15, 0.2) is 0 Å². The number of amides is 1. The summed E-state index contributed by atoms with van der Waals surface area (Å²) in [6, 6.07) is 6.55. The number of carboxylic acid groups (broad SMARTS) is 1. The van der Waals surface area contributed by atoms with E-state index in [9.17, 15) is 9.59 Å². The number of halogens is 2. The van der Waals surface area contributed by atoms with Gasteiger partial charge in [0, 0.05) is 16.5 Å². The van der Waals surface area contributed by atoms with Gasteiger partial charge in [0.1, 0.15) is 17.1 Å². The van der Waals surface area contributed by atoms with Crippen molar-refractivity contribution >= 4 is 35.1 Å². The zero-order chi connectivity index (χ0) is 17.0. The molecule has 0 aliphatic carbocycles. The first kappa shape index (κ1) is 17.4. The Bertz CT molecular complexity index is 740. The van der Waals surface area contributed by atoms with E-state index in [-0.39, 0.29) is 24.4 Å². The van der Waals surface area contributed by atoms with Crippen molar-refractivity contribution in [3.05, 3.63) is 57.0 Å². The van der Waals surface area contributed by atoms with E-state index in [0.717, 1.165) is 5.56 Å². The van der Waals surface area contributed by atoms with Crippen LogP contribution >= 0.6 is 23.2 Å². The Balaban J connectivity index is 1.85. The summed E-state index contributed by atoms with van der Waals surface area (Å²) in [7, 11) is 0. The molecule has 0 radical (unpaired) electrons. The third kappa shape index (κ3) is 4.74. The Labute approximate surface area is 143 Å². The molecule has 1 amide bonds. The maximum atomic E-state index is 11.9. The maximum absolute atomic E-state index is 11.9. The molecule has 0 unspecified atom stereocenters. The summed E-state index contributed by atoms with van der Waals surface area (Å²) in [5.41, 5.74) is 0.940. The van der Waals surface area contributed by atoms with Crippen LogP contribution in [0.5, 0.6) is 0 Å². The largest absolute Gasteiger partial charge is 0.478 e. The molecule has 0 saturated heterocycles. The monoisotopic (exact) mass is 355 g/mol. The summed E-state index contributed by atoms with van der Waals surface area (Å²) in [5.74, 6) is -0.518. The van der Waals surface area contributed by atoms with E-state index in [1.807, 2.05) is 0 Å². The molecule has 2 N–H and O–H groups in total. The number of hydrogen-bond donors (Lipinski definition) is 2. The Morgan fingerprint density at radius 2 is 2.00 bits per heavy atom. The van der Waals surface area contributed by atoms with Crippen LogP contribution in [0.15, 0.2) is 28.7 Å². The normalized spacial score (nSPS) is 10.6. The van der Waals surface area contributed by atoms with Crippen LogP contribution in [0.25, 0.3) is 0 Å². The predicted molar refractivity (Wildman–Crippen MR) is 87.0 cm³/mol. The van der Waals surface area contributed by atoms with Gasteiger partial charge in [0.05, 0.1) is 6.54 Å². The Hall–Kier alpha value is -1.98. The minimum atomic E-state index is -1.05. The zero-order valence-corrected chi connectivity index (χ0v) is 13.9. The first-order chi connectivity index (χ1) is 10.9. The maximum Gasteiger partial charge on any atom is 0.339 e. The lowest BCUT2D eigenvalue weighted by Gasteiger charge is -2.05. The number of hydrogen-bond acceptors (Lipinski definition) is 3. The van der Waals surface area contributed by atoms with E-state index in [1.165, 1.54) is 6.07 Å². The molecular formula is C16H15Cl2NO4. The van der Waals surface area contributed by atoms with E-state index in [2.05, 4.69) is 5.32 Å². The molecule has 5 nitrogen and oxygen atoms in total. The highest BCUT2D eigenvalue weighted by Crippen LogP contribution is 2.22. The van der Waals surface area contributed by atoms with E-state index in [4.69, 9.17) is 32.7 Å². The molecule has 1 aromatic carbocycles. The average molecular weight is 356 g/mol. The first-order valence-corrected chi connectivity index (χ1v) is 7.65. The number of carboxylic acids is 1. The number of benzene rings is 1. The van der Waals surface area contributed by atoms with Crippen molar-refractivity contribution < 1.29 is 19.1 Å². The highest BCUT2D eigenvalue weighted by atomic mass is 35.5. The first-order valence-electron chi connectivity index (χ1n) is 6.90. The van der Waals surface area contributed by atoms with Gasteiger partial charge in [-0.2, -0.15) is 0 Å². The van der Waals surface area contributed by atoms with Crippen LogP contribution in [0.3, 0.4) is 0 Å². The van der Waals surface area contributed by atoms with Crippen LogP contribution in [0.4, 0.5) is 0 Å². The second-order valence-electron chi connectivity index (χ2n) is 5.00. The average Bonchev–Trinajstić information content (AvgIpc) is 2.85. The van der Waals surface area contributed by atoms with Gasteiger partial charge >= 0.3 is 5.97 Å². The van der Waals surface area contributed by atoms with Crippen LogP contribution in [0, 0.1) is 6.92 Å². The summed E-state index contributed by atoms with van der Waals surface area (Å²) in [6.45, 7) is 1.71. The summed E-state index contributed by atoms with van der Waals surface area (Å²) in [5, 5.41) is 12.7. The highest BCUT2D eigenvalue weighted by Gasteiger charge is 2.14. The molecule has 1 aromatic heterocycles. The summed E-state index contributed by atoms with van der Waals surface area (Å²) >= 11 is 11.9. The highest BCUT2D eigenvalue weighted by molar-refractivity contribution is 6.35. The number of rotatable bonds is 6. The third-order valence-corrected chi connectivity index (χ3v) is 3.88. The smallest absolute Gasteiger partial charge is 0.339 e. The van der Waals surface area contributed by atoms with E-state index < -0.39 is 5.97 Å². The SMILES string of the molecule is Cc1oc(CNC(=O)CCc2ccc(Cl)cc2Cl)cc1C(=O)O. The molecule has 0 atom stereocenters. The molecule has 0 bridgehead atoms. The quantitative estimate of drug-likeness (QED) is 0.824. The van der Waals surface area contributed by atoms with Crippen molar-refractivity contribution in [1.82, 2.24) is 5.32 Å². The van der Waals surface area contributed by atoms with Crippen LogP contribution in [0.1, 0.15) is 33.9 Å². The molecule has 0 fully saturated rings. The van der Waals surface area contributed by atoms with Gasteiger partial charge < -0.3 is 14.8 Å². The minimum Gasteiger partial charge on any atom is -0.478 e. The van der Waals surface area contributed by atoms with Gasteiger partial charge in [-0.05, 0) is 37.1 Å². The Morgan fingerprint density at radius 1 is 1.26 bits per heavy atom. The third-order valence-electron chi connectivity index (χ3n) is 3.30. The number of nitrogens with one attached hydrogen (secondary N) is 1. The van der Waals surface area contributed by atoms with Crippen molar-refractivity contribution in [2.24, 2.45) is 0 Å². The van der Waals surface area contributed by atoms with Crippen molar-refractivity contribution in [1.29, 1.82) is 0 Å². The number of carbonyl (C=O) groups excluding carboxylic acids is 1. The fourth-order valence-corrected chi connectivity index (χ4v) is 2.59. The fourth-order valence-electron chi connectivity index (χ4n) is 2.09. The van der Waals surface area contributed by atoms with Crippen molar-refractivity contribution in [2.45, 2.75) is 26.3 Å². The van der Waals surface area contributed by atoms with Gasteiger partial charge in [0.25, 0.3) is 0 Å². The lowest BCUT2D eigenvalue weighted by Crippen LogP contribution is -2.22. The minimum absolute atomic E-state index is 0.0993. The number of furan rings is 1. The fraction of sp³-hybridized carbons (Fsp3) is 0.250. The molecule has 0 spiro atoms. The molecule has 0 aliphatic heterocycles. The molecule has 122 valence electrons. The molecule has 2 aromatic rings. The summed E-state index contributed by atoms with van der Waals surface area (Å²) in [4.78, 5) is 22.8. The predicted octanol–water partition coefficient (Wildman–Crippen LogP) is 3.84. The second kappa shape index (κ2) is 7.53. The van der Waals surface area contributed by atoms with Crippen LogP contribution in [0.2, 0.25) is 10.0 Å². The topological polar surface area (TPSA) is 79.5 Å². The van der Waals surface area contributed by atoms with E-state index in [0.29, 0.717) is 28.0 Å². The molecule has 2 rings (SSSR count). The van der Waals surface area contributed by atoms with E-state index in [1.54, 1.807) is 25.1 Å². The van der Waals surface area contributed by atoms with Crippen molar-refractivity contribution in [2.75, 3.05) is 0 Å². The number of carbonyl (C=O) groups is 2. The lowest BCUT2D eigenvalue weighted by molar-refractivity contribution is -0.121. The van der Waals surface area contributed by atoms with Crippen LogP contribution < -0.4 is 5.32 Å². The molecule has 0 aliphatic rings. The van der Waals surface area contributed by atoms with E-state index >= 15 is 0 Å². The molecular weight excluding hydrogens is 341 g/mol. The summed E-state index contributed by atoms with van der Waals surface area (Å²) < 4.78 is 5.29. The number of aryl methyl sites for hydroxylation is 2. The molecule has 23 heavy (non-hydrogen) atoms. The lowest BCUT2D eigenvalue weighted by atomic mass is 10.1. The Morgan fingerprint density at radius 3 is 2.61 bits per heavy atom. The van der Waals surface area contributed by atoms with Crippen LogP contribution in [-0.4, -0.2) is 17.0 Å². The summed E-state index contributed by atoms with van der Waals surface area (Å²) in [6.07, 6.45) is 0.742. The van der Waals surface area contributed by atoms with Crippen molar-refractivity contribution in [3.8, 4) is 0 Å². The van der Waals surface area contributed by atoms with Gasteiger partial charge in [0.2, 0.25) is 5.91 Å². The standard InChI is InChI=1S/C16H15Cl2NO4/c1-9-13(16(21)22)7-12(23-9)8-19-15(20)5-3-10-2-4-11(17)6-14(10)18/h2,4,6-7H,3,5,8H2,1H3,(H,19,20)(H,21,22). The second-order valence-corrected chi connectivity index (χ2v) is 5.84. The van der Waals surface area contributed by atoms with Gasteiger partial charge in [-0.15, -0.1) is 0 Å². The van der Waals surface area contributed by atoms with Crippen LogP contribution in [-0.2, 0) is 17.8 Å². The van der Waals surface area contributed by atoms with Gasteiger partial charge in [-0.1, -0.05) is 29.3 Å². The van der Waals surface area contributed by atoms with Gasteiger partial charge in [-0.25, -0.2) is 4.79 Å². The van der Waals surface area contributed by atoms with Gasteiger partial charge in [-0.3, -0.25) is 4.79 Å². The Kier molecular flexibility index (Phi) is 5.69. The number of aromatic carboxylic acids is 1.